The largest absolute Gasteiger partial charge is 0.451 e. The van der Waals surface area contributed by atoms with Crippen LogP contribution in [0, 0.1) is 5.82 Å². The van der Waals surface area contributed by atoms with Gasteiger partial charge in [-0.3, -0.25) is 15.1 Å². The number of esters is 1. The third kappa shape index (κ3) is 7.20. The first-order valence-corrected chi connectivity index (χ1v) is 11.1. The van der Waals surface area contributed by atoms with Gasteiger partial charge in [0, 0.05) is 26.1 Å². The number of alkyl halides is 6. The fraction of sp³-hybridized carbons (Fsp3) is 0.280. The number of benzene rings is 2. The SMILES string of the molecule is CC(=O)OC(CNC(Cc1ccccc1)(c1cc(F)cc(C(F)(F)F)c1)c1ccc(Cl)cn1)C(F)(F)F. The van der Waals surface area contributed by atoms with Crippen LogP contribution in [0.25, 0.3) is 0 Å². The van der Waals surface area contributed by atoms with E-state index in [1.54, 1.807) is 30.3 Å². The molecule has 12 heteroatoms. The molecule has 0 aliphatic rings. The number of rotatable bonds is 8. The van der Waals surface area contributed by atoms with Gasteiger partial charge in [-0.15, -0.1) is 0 Å². The van der Waals surface area contributed by atoms with E-state index in [9.17, 15) is 35.5 Å². The Balaban J connectivity index is 2.27. The fourth-order valence-corrected chi connectivity index (χ4v) is 3.93. The van der Waals surface area contributed by atoms with Crippen molar-refractivity contribution >= 4 is 17.6 Å². The fourth-order valence-electron chi connectivity index (χ4n) is 3.82. The summed E-state index contributed by atoms with van der Waals surface area (Å²) in [6.45, 7) is -0.281. The first-order valence-electron chi connectivity index (χ1n) is 10.7. The van der Waals surface area contributed by atoms with Gasteiger partial charge in [-0.05, 0) is 41.5 Å². The number of nitrogens with one attached hydrogen (secondary N) is 1. The van der Waals surface area contributed by atoms with Gasteiger partial charge in [0.15, 0.2) is 0 Å². The molecule has 0 aliphatic carbocycles. The molecule has 0 bridgehead atoms. The number of carbonyl (C=O) groups excluding carboxylic acids is 1. The first kappa shape index (κ1) is 28.4. The van der Waals surface area contributed by atoms with Crippen molar-refractivity contribution in [3.8, 4) is 0 Å². The zero-order valence-electron chi connectivity index (χ0n) is 19.1. The van der Waals surface area contributed by atoms with Crippen molar-refractivity contribution in [2.45, 2.75) is 37.3 Å². The second-order valence-corrected chi connectivity index (χ2v) is 8.61. The normalized spacial score (nSPS) is 14.6. The molecule has 1 heterocycles. The van der Waals surface area contributed by atoms with Crippen molar-refractivity contribution < 1.29 is 40.3 Å². The van der Waals surface area contributed by atoms with Gasteiger partial charge in [0.25, 0.3) is 0 Å². The molecule has 2 aromatic carbocycles. The number of ether oxygens (including phenoxy) is 1. The predicted molar refractivity (Wildman–Crippen MR) is 121 cm³/mol. The van der Waals surface area contributed by atoms with Gasteiger partial charge in [-0.2, -0.15) is 26.3 Å². The van der Waals surface area contributed by atoms with Crippen molar-refractivity contribution in [2.24, 2.45) is 0 Å². The second-order valence-electron chi connectivity index (χ2n) is 8.18. The van der Waals surface area contributed by atoms with E-state index in [4.69, 9.17) is 11.6 Å². The predicted octanol–water partition coefficient (Wildman–Crippen LogP) is 6.46. The number of hydrogen-bond donors (Lipinski definition) is 1. The molecule has 0 saturated carbocycles. The summed E-state index contributed by atoms with van der Waals surface area (Å²) in [6.07, 6.45) is -11.7. The summed E-state index contributed by atoms with van der Waals surface area (Å²) in [6, 6.07) is 12.5. The first-order chi connectivity index (χ1) is 17.2. The summed E-state index contributed by atoms with van der Waals surface area (Å²) in [5.74, 6) is -2.47. The lowest BCUT2D eigenvalue weighted by Crippen LogP contribution is -2.52. The number of carbonyl (C=O) groups is 1. The zero-order valence-corrected chi connectivity index (χ0v) is 19.9. The molecule has 0 aliphatic heterocycles. The minimum atomic E-state index is -5.01. The van der Waals surface area contributed by atoms with Crippen LogP contribution in [0.5, 0.6) is 0 Å². The highest BCUT2D eigenvalue weighted by molar-refractivity contribution is 6.30. The number of aromatic nitrogens is 1. The Bertz CT molecular complexity index is 1220. The van der Waals surface area contributed by atoms with Crippen LogP contribution in [0.2, 0.25) is 5.02 Å². The van der Waals surface area contributed by atoms with Crippen LogP contribution in [0.3, 0.4) is 0 Å². The Hall–Kier alpha value is -3.18. The molecule has 198 valence electrons. The Morgan fingerprint density at radius 3 is 2.19 bits per heavy atom. The van der Waals surface area contributed by atoms with E-state index in [-0.39, 0.29) is 28.8 Å². The molecule has 3 aromatic rings. The van der Waals surface area contributed by atoms with Crippen molar-refractivity contribution in [1.82, 2.24) is 10.3 Å². The molecule has 1 aromatic heterocycles. The maximum Gasteiger partial charge on any atom is 0.426 e. The molecule has 3 rings (SSSR count). The Morgan fingerprint density at radius 2 is 1.65 bits per heavy atom. The number of nitrogens with zero attached hydrogens (tertiary/aromatic N) is 1. The third-order valence-corrected chi connectivity index (χ3v) is 5.68. The standard InChI is InChI=1S/C25H20ClF7N2O2/c1-15(36)37-22(25(31,32)33)14-35-23(12-16-5-3-2-4-6-16,21-8-7-19(26)13-34-21)17-9-18(24(28,29)30)11-20(27)10-17/h2-11,13,22,35H,12,14H2,1H3. The summed E-state index contributed by atoms with van der Waals surface area (Å²) in [5, 5.41) is 2.77. The van der Waals surface area contributed by atoms with Gasteiger partial charge in [0.05, 0.1) is 21.8 Å². The average molecular weight is 549 g/mol. The summed E-state index contributed by atoms with van der Waals surface area (Å²) < 4.78 is 101. The van der Waals surface area contributed by atoms with Crippen LogP contribution in [0.1, 0.15) is 29.3 Å². The summed E-state index contributed by atoms with van der Waals surface area (Å²) in [5.41, 5.74) is -3.17. The molecule has 0 amide bonds. The second kappa shape index (κ2) is 11.1. The topological polar surface area (TPSA) is 51.2 Å². The smallest absolute Gasteiger partial charge is 0.426 e. The summed E-state index contributed by atoms with van der Waals surface area (Å²) in [4.78, 5) is 15.5. The minimum absolute atomic E-state index is 0.0387. The van der Waals surface area contributed by atoms with Gasteiger partial charge >= 0.3 is 18.3 Å². The molecular formula is C25H20ClF7N2O2. The molecule has 4 nitrogen and oxygen atoms in total. The highest BCUT2D eigenvalue weighted by atomic mass is 35.5. The van der Waals surface area contributed by atoms with Crippen LogP contribution in [-0.2, 0) is 27.7 Å². The maximum absolute atomic E-state index is 14.5. The van der Waals surface area contributed by atoms with E-state index in [0.29, 0.717) is 11.6 Å². The zero-order chi connectivity index (χ0) is 27.4. The van der Waals surface area contributed by atoms with Crippen LogP contribution in [0.4, 0.5) is 30.7 Å². The van der Waals surface area contributed by atoms with E-state index in [1.807, 2.05) is 0 Å². The van der Waals surface area contributed by atoms with E-state index in [0.717, 1.165) is 19.2 Å². The van der Waals surface area contributed by atoms with Crippen molar-refractivity contribution in [1.29, 1.82) is 0 Å². The van der Waals surface area contributed by atoms with Crippen molar-refractivity contribution in [3.05, 3.63) is 100 Å². The van der Waals surface area contributed by atoms with Gasteiger partial charge in [-0.1, -0.05) is 41.9 Å². The number of hydrogen-bond acceptors (Lipinski definition) is 4. The monoisotopic (exact) mass is 548 g/mol. The quantitative estimate of drug-likeness (QED) is 0.259. The van der Waals surface area contributed by atoms with Gasteiger partial charge in [0.1, 0.15) is 5.82 Å². The minimum Gasteiger partial charge on any atom is -0.451 e. The molecule has 2 unspecified atom stereocenters. The van der Waals surface area contributed by atoms with Crippen LogP contribution in [-0.4, -0.2) is 29.8 Å². The summed E-state index contributed by atoms with van der Waals surface area (Å²) in [7, 11) is 0. The molecular weight excluding hydrogens is 529 g/mol. The van der Waals surface area contributed by atoms with Gasteiger partial charge < -0.3 is 4.74 Å². The van der Waals surface area contributed by atoms with Crippen LogP contribution in [0.15, 0.2) is 66.9 Å². The van der Waals surface area contributed by atoms with Crippen molar-refractivity contribution in [3.63, 3.8) is 0 Å². The maximum atomic E-state index is 14.5. The van der Waals surface area contributed by atoms with E-state index < -0.39 is 47.9 Å². The van der Waals surface area contributed by atoms with Gasteiger partial charge in [0.2, 0.25) is 6.10 Å². The molecule has 0 spiro atoms. The summed E-state index contributed by atoms with van der Waals surface area (Å²) >= 11 is 5.92. The molecule has 37 heavy (non-hydrogen) atoms. The van der Waals surface area contributed by atoms with E-state index in [1.165, 1.54) is 12.1 Å². The average Bonchev–Trinajstić information content (AvgIpc) is 2.80. The highest BCUT2D eigenvalue weighted by Crippen LogP contribution is 2.38. The Kier molecular flexibility index (Phi) is 8.49. The Morgan fingerprint density at radius 1 is 1.00 bits per heavy atom. The van der Waals surface area contributed by atoms with E-state index >= 15 is 0 Å². The molecule has 1 N–H and O–H groups in total. The van der Waals surface area contributed by atoms with Gasteiger partial charge in [-0.25, -0.2) is 4.39 Å². The Labute approximate surface area is 212 Å². The molecule has 2 atom stereocenters. The molecule has 0 fully saturated rings. The number of halogens is 8. The number of pyridine rings is 1. The van der Waals surface area contributed by atoms with Crippen molar-refractivity contribution in [2.75, 3.05) is 6.54 Å². The van der Waals surface area contributed by atoms with E-state index in [2.05, 4.69) is 15.0 Å². The van der Waals surface area contributed by atoms with Crippen LogP contribution < -0.4 is 5.32 Å². The molecule has 0 radical (unpaired) electrons. The lowest BCUT2D eigenvalue weighted by molar-refractivity contribution is -0.219. The van der Waals surface area contributed by atoms with Crippen LogP contribution >= 0.6 is 11.6 Å². The third-order valence-electron chi connectivity index (χ3n) is 5.46. The highest BCUT2D eigenvalue weighted by Gasteiger charge is 2.46. The lowest BCUT2D eigenvalue weighted by atomic mass is 9.79. The molecule has 0 saturated heterocycles. The lowest BCUT2D eigenvalue weighted by Gasteiger charge is -2.37.